The van der Waals surface area contributed by atoms with Crippen molar-refractivity contribution in [3.05, 3.63) is 6.33 Å². The number of quaternary nitrogens is 1. The molecule has 1 atom stereocenters. The maximum atomic E-state index is 9.79. The number of hydrogen-bond acceptors (Lipinski definition) is 8. The Bertz CT molecular complexity index is 544. The molecule has 2 heterocycles. The number of aliphatic hydroxyl groups excluding tert-OH is 2. The molecule has 10 N–H and O–H groups in total. The van der Waals surface area contributed by atoms with Crippen LogP contribution in [0.5, 0.6) is 0 Å². The lowest BCUT2D eigenvalue weighted by atomic mass is 10.5. The minimum Gasteiger partial charge on any atom is -0.396 e. The molecule has 0 aliphatic heterocycles. The van der Waals surface area contributed by atoms with Gasteiger partial charge in [-0.25, -0.2) is 4.98 Å². The Hall–Kier alpha value is -2.01. The zero-order valence-corrected chi connectivity index (χ0v) is 10.5. The third-order valence-electron chi connectivity index (χ3n) is 2.27. The van der Waals surface area contributed by atoms with Gasteiger partial charge in [-0.2, -0.15) is 9.97 Å². The summed E-state index contributed by atoms with van der Waals surface area (Å²) in [6.07, 6.45) is 0.483. The number of rotatable bonds is 5. The van der Waals surface area contributed by atoms with Gasteiger partial charge < -0.3 is 32.6 Å². The summed E-state index contributed by atoms with van der Waals surface area (Å²) in [4.78, 5) is 11.7. The van der Waals surface area contributed by atoms with E-state index in [4.69, 9.17) is 21.3 Å². The van der Waals surface area contributed by atoms with Gasteiger partial charge in [-0.05, 0) is 6.42 Å². The highest BCUT2D eigenvalue weighted by molar-refractivity contribution is 5.82. The summed E-state index contributed by atoms with van der Waals surface area (Å²) in [6, 6.07) is 0. The zero-order chi connectivity index (χ0) is 13.1. The van der Waals surface area contributed by atoms with E-state index in [0.717, 1.165) is 0 Å². The molecule has 0 aromatic carbocycles. The molecule has 2 rings (SSSR count). The summed E-state index contributed by atoms with van der Waals surface area (Å²) in [6.45, 7) is 0.187. The van der Waals surface area contributed by atoms with Crippen molar-refractivity contribution >= 4 is 22.9 Å². The first kappa shape index (κ1) is 15.0. The molecule has 2 aromatic rings. The number of aliphatic hydroxyl groups is 2. The van der Waals surface area contributed by atoms with Gasteiger partial charge in [0.1, 0.15) is 6.33 Å². The number of ether oxygens (including phenoxy) is 1. The molecule has 0 aliphatic carbocycles. The van der Waals surface area contributed by atoms with E-state index in [0.29, 0.717) is 11.9 Å². The first-order valence-corrected chi connectivity index (χ1v) is 5.29. The minimum absolute atomic E-state index is 0. The quantitative estimate of drug-likeness (QED) is 0.346. The minimum atomic E-state index is -1.27. The van der Waals surface area contributed by atoms with Crippen LogP contribution in [0.2, 0.25) is 0 Å². The van der Waals surface area contributed by atoms with Crippen LogP contribution in [0, 0.1) is 0 Å². The number of anilines is 2. The third-order valence-corrected chi connectivity index (χ3v) is 2.27. The number of aromatic nitrogens is 4. The molecule has 0 saturated carbocycles. The van der Waals surface area contributed by atoms with Crippen LogP contribution in [0.1, 0.15) is 12.8 Å². The molecular formula is C9H18N7O3+. The molecule has 0 fully saturated rings. The summed E-state index contributed by atoms with van der Waals surface area (Å²) in [5.74, 6) is 0.128. The molecule has 2 aromatic heterocycles. The van der Waals surface area contributed by atoms with Gasteiger partial charge in [0.05, 0.1) is 6.61 Å². The maximum absolute atomic E-state index is 9.79. The van der Waals surface area contributed by atoms with Crippen molar-refractivity contribution in [3.63, 3.8) is 0 Å². The molecule has 0 aliphatic rings. The summed E-state index contributed by atoms with van der Waals surface area (Å²) in [5, 5.41) is 18.4. The third kappa shape index (κ3) is 3.06. The Balaban J connectivity index is 0.00000180. The molecule has 1 unspecified atom stereocenters. The van der Waals surface area contributed by atoms with Gasteiger partial charge >= 0.3 is 0 Å². The maximum Gasteiger partial charge on any atom is 0.244 e. The Morgan fingerprint density at radius 3 is 2.79 bits per heavy atom. The normalized spacial score (nSPS) is 12.3. The van der Waals surface area contributed by atoms with Gasteiger partial charge in [-0.1, -0.05) is 0 Å². The molecule has 0 radical (unpaired) electrons. The van der Waals surface area contributed by atoms with Crippen LogP contribution >= 0.6 is 0 Å². The van der Waals surface area contributed by atoms with Gasteiger partial charge in [0.15, 0.2) is 17.0 Å². The molecule has 0 bridgehead atoms. The molecule has 0 spiro atoms. The van der Waals surface area contributed by atoms with Crippen LogP contribution in [-0.4, -0.2) is 42.9 Å². The van der Waals surface area contributed by atoms with Crippen LogP contribution in [0.25, 0.3) is 11.2 Å². The molecule has 0 amide bonds. The van der Waals surface area contributed by atoms with Gasteiger partial charge in [0.2, 0.25) is 12.4 Å². The van der Waals surface area contributed by atoms with Crippen LogP contribution in [0.3, 0.4) is 0 Å². The highest BCUT2D eigenvalue weighted by Crippen LogP contribution is 2.20. The van der Waals surface area contributed by atoms with Crippen molar-refractivity contribution in [2.24, 2.45) is 0 Å². The van der Waals surface area contributed by atoms with Crippen LogP contribution in [-0.2, 0) is 4.74 Å². The first-order valence-electron chi connectivity index (χ1n) is 5.29. The first-order chi connectivity index (χ1) is 8.63. The summed E-state index contributed by atoms with van der Waals surface area (Å²) >= 11 is 0. The molecular weight excluding hydrogens is 254 g/mol. The van der Waals surface area contributed by atoms with E-state index in [1.165, 1.54) is 10.9 Å². The topological polar surface area (TPSA) is 182 Å². The Morgan fingerprint density at radius 2 is 2.11 bits per heavy atom. The van der Waals surface area contributed by atoms with E-state index in [1.54, 1.807) is 0 Å². The van der Waals surface area contributed by atoms with Gasteiger partial charge in [0.25, 0.3) is 0 Å². The van der Waals surface area contributed by atoms with Crippen molar-refractivity contribution < 1.29 is 14.9 Å². The second kappa shape index (κ2) is 6.24. The van der Waals surface area contributed by atoms with Crippen LogP contribution < -0.4 is 17.6 Å². The number of imidazole rings is 1. The highest BCUT2D eigenvalue weighted by Gasteiger charge is 2.15. The number of nitrogen functional groups attached to an aromatic ring is 2. The fourth-order valence-corrected chi connectivity index (χ4v) is 1.45. The fourth-order valence-electron chi connectivity index (χ4n) is 1.45. The van der Waals surface area contributed by atoms with E-state index in [9.17, 15) is 5.11 Å². The molecule has 106 valence electrons. The lowest BCUT2D eigenvalue weighted by Crippen LogP contribution is -2.14. The van der Waals surface area contributed by atoms with E-state index in [2.05, 4.69) is 15.0 Å². The Kier molecular flexibility index (Phi) is 4.94. The smallest absolute Gasteiger partial charge is 0.244 e. The molecule has 19 heavy (non-hydrogen) atoms. The average molecular weight is 272 g/mol. The van der Waals surface area contributed by atoms with Crippen LogP contribution in [0.4, 0.5) is 11.8 Å². The van der Waals surface area contributed by atoms with Crippen molar-refractivity contribution in [1.29, 1.82) is 0 Å². The molecule has 10 nitrogen and oxygen atoms in total. The van der Waals surface area contributed by atoms with E-state index in [-0.39, 0.29) is 36.8 Å². The van der Waals surface area contributed by atoms with Gasteiger partial charge in [-0.15, -0.1) is 0 Å². The van der Waals surface area contributed by atoms with Crippen molar-refractivity contribution in [3.8, 4) is 0 Å². The van der Waals surface area contributed by atoms with Crippen molar-refractivity contribution in [2.45, 2.75) is 12.8 Å². The Morgan fingerprint density at radius 1 is 1.37 bits per heavy atom. The highest BCUT2D eigenvalue weighted by atomic mass is 16.6. The van der Waals surface area contributed by atoms with E-state index < -0.39 is 6.41 Å². The van der Waals surface area contributed by atoms with E-state index >= 15 is 0 Å². The molecule has 10 heteroatoms. The average Bonchev–Trinajstić information content (AvgIpc) is 2.73. The summed E-state index contributed by atoms with van der Waals surface area (Å²) in [5.41, 5.74) is 11.7. The summed E-state index contributed by atoms with van der Waals surface area (Å²) < 4.78 is 6.37. The Labute approximate surface area is 108 Å². The lowest BCUT2D eigenvalue weighted by molar-refractivity contribution is -0.152. The predicted octanol–water partition coefficient (Wildman–Crippen LogP) is -0.786. The number of nitrogens with zero attached hydrogens (tertiary/aromatic N) is 4. The fraction of sp³-hybridized carbons (Fsp3) is 0.444. The van der Waals surface area contributed by atoms with E-state index in [1.807, 2.05) is 0 Å². The second-order valence-electron chi connectivity index (χ2n) is 3.57. The standard InChI is InChI=1S/C9H14N6O3.H3N/c10-6-5-7(14-8(11)13-6)15(4-12-5)9(17)18-3-1-2-16;/h4,9,16-17H,1-3H2,(H4,10,11,13,14);1H3/p+1. The predicted molar refractivity (Wildman–Crippen MR) is 69.0 cm³/mol. The second-order valence-corrected chi connectivity index (χ2v) is 3.57. The monoisotopic (exact) mass is 272 g/mol. The largest absolute Gasteiger partial charge is 0.396 e. The number of nitrogens with two attached hydrogens (primary N) is 2. The summed E-state index contributed by atoms with van der Waals surface area (Å²) in [7, 11) is 0. The van der Waals surface area contributed by atoms with Gasteiger partial charge in [-0.3, -0.25) is 4.57 Å². The molecule has 0 saturated heterocycles. The van der Waals surface area contributed by atoms with Crippen LogP contribution in [0.15, 0.2) is 6.33 Å². The van der Waals surface area contributed by atoms with Gasteiger partial charge in [0, 0.05) is 6.61 Å². The lowest BCUT2D eigenvalue weighted by Gasteiger charge is -2.13. The SMILES string of the molecule is Nc1nc(N)c2ncn(C(O)OCCCO)c2n1.[NH4+]. The van der Waals surface area contributed by atoms with Crippen molar-refractivity contribution in [2.75, 3.05) is 24.7 Å². The van der Waals surface area contributed by atoms with Crippen molar-refractivity contribution in [1.82, 2.24) is 25.7 Å². The zero-order valence-electron chi connectivity index (χ0n) is 10.5. The number of fused-ring (bicyclic) bond motifs is 1. The number of hydrogen-bond donors (Lipinski definition) is 5.